The molecule has 10 nitrogen and oxygen atoms in total. The minimum absolute atomic E-state index is 0.107. The molecule has 0 bridgehead atoms. The number of carbonyl (C=O) groups is 4. The molecular weight excluding hydrogens is 544 g/mol. The Morgan fingerprint density at radius 1 is 0.884 bits per heavy atom. The first-order valence-corrected chi connectivity index (χ1v) is 14.2. The zero-order valence-electron chi connectivity index (χ0n) is 23.5. The first-order valence-electron chi connectivity index (χ1n) is 14.2. The van der Waals surface area contributed by atoms with Crippen LogP contribution >= 0.6 is 0 Å². The van der Waals surface area contributed by atoms with Crippen molar-refractivity contribution in [1.29, 1.82) is 0 Å². The number of rotatable bonds is 8. The average Bonchev–Trinajstić information content (AvgIpc) is 3.03. The molecule has 2 heterocycles. The molecule has 2 fully saturated rings. The lowest BCUT2D eigenvalue weighted by Crippen LogP contribution is -2.76. The molecule has 4 aromatic rings. The van der Waals surface area contributed by atoms with Crippen molar-refractivity contribution in [1.82, 2.24) is 25.6 Å². The monoisotopic (exact) mass is 576 g/mol. The molecule has 10 heteroatoms. The smallest absolute Gasteiger partial charge is 0.333 e. The van der Waals surface area contributed by atoms with E-state index in [9.17, 15) is 19.2 Å². The lowest BCUT2D eigenvalue weighted by molar-refractivity contribution is -0.170. The van der Waals surface area contributed by atoms with Crippen molar-refractivity contribution in [2.24, 2.45) is 0 Å². The molecule has 0 radical (unpaired) electrons. The molecule has 2 atom stereocenters. The highest BCUT2D eigenvalue weighted by molar-refractivity contribution is 5.92. The molecule has 5 amide bonds. The number of amides is 5. The Labute approximate surface area is 249 Å². The Morgan fingerprint density at radius 3 is 2.42 bits per heavy atom. The van der Waals surface area contributed by atoms with Gasteiger partial charge in [-0.25, -0.2) is 15.2 Å². The quantitative estimate of drug-likeness (QED) is 0.279. The van der Waals surface area contributed by atoms with Crippen LogP contribution < -0.4 is 16.1 Å². The van der Waals surface area contributed by atoms with Crippen molar-refractivity contribution >= 4 is 40.7 Å². The van der Waals surface area contributed by atoms with E-state index >= 15 is 0 Å². The van der Waals surface area contributed by atoms with Gasteiger partial charge in [-0.05, 0) is 39.6 Å². The van der Waals surface area contributed by atoms with Gasteiger partial charge in [-0.3, -0.25) is 14.4 Å². The SMILES string of the molecule is O=CNc1ccc(C[C@H]2C(=O)N(Cc3cccc4ccccc34)C[C@@H]3N(C(=O)NCc4ccccc4)NCC(=O)N32)cc1. The zero-order chi connectivity index (χ0) is 29.8. The molecule has 43 heavy (non-hydrogen) atoms. The average molecular weight is 577 g/mol. The van der Waals surface area contributed by atoms with Crippen molar-refractivity contribution in [3.8, 4) is 0 Å². The molecule has 3 N–H and O–H groups in total. The molecule has 218 valence electrons. The Morgan fingerprint density at radius 2 is 1.63 bits per heavy atom. The number of nitrogens with one attached hydrogen (secondary N) is 3. The van der Waals surface area contributed by atoms with Crippen LogP contribution in [0, 0.1) is 0 Å². The Hall–Kier alpha value is -5.22. The van der Waals surface area contributed by atoms with Gasteiger partial charge in [0, 0.05) is 25.2 Å². The molecule has 6 rings (SSSR count). The van der Waals surface area contributed by atoms with Crippen LogP contribution in [0.3, 0.4) is 0 Å². The zero-order valence-corrected chi connectivity index (χ0v) is 23.5. The molecule has 2 aliphatic heterocycles. The fourth-order valence-corrected chi connectivity index (χ4v) is 5.87. The van der Waals surface area contributed by atoms with Crippen molar-refractivity contribution in [2.75, 3.05) is 18.4 Å². The van der Waals surface area contributed by atoms with E-state index in [0.717, 1.165) is 27.5 Å². The van der Waals surface area contributed by atoms with E-state index in [1.54, 1.807) is 21.9 Å². The lowest BCUT2D eigenvalue weighted by Gasteiger charge is -2.52. The minimum atomic E-state index is -0.822. The predicted molar refractivity (Wildman–Crippen MR) is 162 cm³/mol. The minimum Gasteiger partial charge on any atom is -0.333 e. The van der Waals surface area contributed by atoms with Crippen LogP contribution in [0.1, 0.15) is 16.7 Å². The predicted octanol–water partition coefficient (Wildman–Crippen LogP) is 3.25. The summed E-state index contributed by atoms with van der Waals surface area (Å²) in [5.74, 6) is -0.432. The van der Waals surface area contributed by atoms with Gasteiger partial charge in [-0.2, -0.15) is 0 Å². The van der Waals surface area contributed by atoms with E-state index < -0.39 is 12.2 Å². The summed E-state index contributed by atoms with van der Waals surface area (Å²) in [6.07, 6.45) is 0.144. The van der Waals surface area contributed by atoms with E-state index in [-0.39, 0.29) is 37.4 Å². The van der Waals surface area contributed by atoms with Gasteiger partial charge in [0.2, 0.25) is 18.2 Å². The van der Waals surface area contributed by atoms with Crippen LogP contribution in [0.4, 0.5) is 10.5 Å². The summed E-state index contributed by atoms with van der Waals surface area (Å²) in [5.41, 5.74) is 6.38. The number of carbonyl (C=O) groups excluding carboxylic acids is 4. The fraction of sp³-hybridized carbons (Fsp3) is 0.212. The highest BCUT2D eigenvalue weighted by Crippen LogP contribution is 2.28. The summed E-state index contributed by atoms with van der Waals surface area (Å²) in [7, 11) is 0. The summed E-state index contributed by atoms with van der Waals surface area (Å²) < 4.78 is 0. The van der Waals surface area contributed by atoms with Crippen molar-refractivity contribution in [2.45, 2.75) is 31.7 Å². The van der Waals surface area contributed by atoms with Gasteiger partial charge in [0.25, 0.3) is 0 Å². The Bertz CT molecular complexity index is 1640. The van der Waals surface area contributed by atoms with E-state index in [0.29, 0.717) is 25.2 Å². The molecule has 0 unspecified atom stereocenters. The number of hydrazine groups is 1. The van der Waals surface area contributed by atoms with Crippen LogP contribution in [0.2, 0.25) is 0 Å². The third-order valence-electron chi connectivity index (χ3n) is 7.98. The molecule has 2 saturated heterocycles. The van der Waals surface area contributed by atoms with E-state index in [4.69, 9.17) is 0 Å². The van der Waals surface area contributed by atoms with Crippen molar-refractivity contribution in [3.63, 3.8) is 0 Å². The van der Waals surface area contributed by atoms with Gasteiger partial charge in [0.05, 0.1) is 13.1 Å². The van der Waals surface area contributed by atoms with Crippen molar-refractivity contribution < 1.29 is 19.2 Å². The summed E-state index contributed by atoms with van der Waals surface area (Å²) in [5, 5.41) is 9.12. The van der Waals surface area contributed by atoms with Gasteiger partial charge in [-0.15, -0.1) is 0 Å². The van der Waals surface area contributed by atoms with Gasteiger partial charge in [0.1, 0.15) is 12.2 Å². The first kappa shape index (κ1) is 27.9. The third kappa shape index (κ3) is 5.91. The number of piperazine rings is 1. The number of benzene rings is 4. The summed E-state index contributed by atoms with van der Waals surface area (Å²) in [6, 6.07) is 29.6. The number of fused-ring (bicyclic) bond motifs is 2. The topological polar surface area (TPSA) is 114 Å². The summed E-state index contributed by atoms with van der Waals surface area (Å²) >= 11 is 0. The fourth-order valence-electron chi connectivity index (χ4n) is 5.87. The molecule has 0 aromatic heterocycles. The summed E-state index contributed by atoms with van der Waals surface area (Å²) in [4.78, 5) is 55.2. The molecular formula is C33H32N6O4. The van der Waals surface area contributed by atoms with Crippen molar-refractivity contribution in [3.05, 3.63) is 114 Å². The van der Waals surface area contributed by atoms with Gasteiger partial charge < -0.3 is 20.4 Å². The summed E-state index contributed by atoms with van der Waals surface area (Å²) in [6.45, 7) is 0.696. The number of hydrogen-bond acceptors (Lipinski definition) is 5. The number of nitrogens with zero attached hydrogens (tertiary/aromatic N) is 3. The molecule has 0 aliphatic carbocycles. The largest absolute Gasteiger partial charge is 0.334 e. The highest BCUT2D eigenvalue weighted by atomic mass is 16.2. The van der Waals surface area contributed by atoms with E-state index in [1.165, 1.54) is 5.01 Å². The van der Waals surface area contributed by atoms with Gasteiger partial charge in [0.15, 0.2) is 0 Å². The molecule has 2 aliphatic rings. The van der Waals surface area contributed by atoms with Crippen LogP contribution in [0.15, 0.2) is 97.1 Å². The maximum absolute atomic E-state index is 14.2. The Balaban J connectivity index is 1.31. The van der Waals surface area contributed by atoms with Crippen LogP contribution in [-0.2, 0) is 33.9 Å². The second kappa shape index (κ2) is 12.3. The number of urea groups is 1. The second-order valence-corrected chi connectivity index (χ2v) is 10.7. The molecule has 0 spiro atoms. The maximum atomic E-state index is 14.2. The van der Waals surface area contributed by atoms with Crippen LogP contribution in [0.5, 0.6) is 0 Å². The molecule has 0 saturated carbocycles. The molecule has 4 aromatic carbocycles. The van der Waals surface area contributed by atoms with Crippen LogP contribution in [0.25, 0.3) is 10.8 Å². The number of hydrogen-bond donors (Lipinski definition) is 3. The van der Waals surface area contributed by atoms with E-state index in [2.05, 4.69) is 16.1 Å². The van der Waals surface area contributed by atoms with Gasteiger partial charge >= 0.3 is 6.03 Å². The Kier molecular flexibility index (Phi) is 8.01. The normalized spacial score (nSPS) is 18.4. The number of anilines is 1. The third-order valence-corrected chi connectivity index (χ3v) is 7.98. The first-order chi connectivity index (χ1) is 21.0. The second-order valence-electron chi connectivity index (χ2n) is 10.7. The van der Waals surface area contributed by atoms with E-state index in [1.807, 2.05) is 84.9 Å². The standard InChI is InChI=1S/C33H32N6O4/c40-22-35-27-15-13-23(14-16-27)17-29-32(42)37(20-26-11-6-10-25-9-4-5-12-28(25)26)21-30-38(29)31(41)19-36-39(30)33(43)34-18-24-7-2-1-3-8-24/h1-16,22,29-30,36H,17-21H2,(H,34,43)(H,35,40)/t29-,30-/m0/s1. The van der Waals surface area contributed by atoms with Gasteiger partial charge in [-0.1, -0.05) is 84.9 Å². The highest BCUT2D eigenvalue weighted by Gasteiger charge is 2.49. The lowest BCUT2D eigenvalue weighted by atomic mass is 9.97. The van der Waals surface area contributed by atoms with Crippen LogP contribution in [-0.4, -0.2) is 64.4 Å². The maximum Gasteiger partial charge on any atom is 0.334 e.